The Kier molecular flexibility index (Phi) is 4.92. The van der Waals surface area contributed by atoms with Gasteiger partial charge < -0.3 is 15.3 Å². The zero-order valence-corrected chi connectivity index (χ0v) is 11.3. The molecule has 0 saturated carbocycles. The van der Waals surface area contributed by atoms with Gasteiger partial charge in [-0.05, 0) is 18.9 Å². The largest absolute Gasteiger partial charge is 0.478 e. The van der Waals surface area contributed by atoms with Gasteiger partial charge in [-0.1, -0.05) is 19.3 Å². The molecule has 2 rings (SSSR count). The van der Waals surface area contributed by atoms with Crippen LogP contribution in [0.25, 0.3) is 0 Å². The van der Waals surface area contributed by atoms with Crippen molar-refractivity contribution in [3.05, 3.63) is 24.0 Å². The van der Waals surface area contributed by atoms with Gasteiger partial charge in [-0.2, -0.15) is 0 Å². The quantitative estimate of drug-likeness (QED) is 0.870. The van der Waals surface area contributed by atoms with E-state index in [0.717, 1.165) is 38.8 Å². The van der Waals surface area contributed by atoms with Crippen molar-refractivity contribution in [2.24, 2.45) is 0 Å². The van der Waals surface area contributed by atoms with E-state index in [1.807, 2.05) is 0 Å². The van der Waals surface area contributed by atoms with Crippen LogP contribution in [0, 0.1) is 0 Å². The number of urea groups is 1. The first kappa shape index (κ1) is 14.3. The minimum atomic E-state index is -1.06. The maximum absolute atomic E-state index is 12.2. The lowest BCUT2D eigenvalue weighted by Crippen LogP contribution is -2.37. The van der Waals surface area contributed by atoms with Gasteiger partial charge in [0, 0.05) is 19.3 Å². The minimum absolute atomic E-state index is 0.0652. The Bertz CT molecular complexity index is 482. The zero-order valence-electron chi connectivity index (χ0n) is 11.3. The number of likely N-dealkylation sites (tertiary alicyclic amines) is 1. The van der Waals surface area contributed by atoms with E-state index >= 15 is 0 Å². The molecule has 0 bridgehead atoms. The molecule has 0 aliphatic carbocycles. The van der Waals surface area contributed by atoms with Gasteiger partial charge in [0.2, 0.25) is 0 Å². The molecule has 108 valence electrons. The van der Waals surface area contributed by atoms with Crippen molar-refractivity contribution in [1.29, 1.82) is 0 Å². The standard InChI is InChI=1S/C14H19N3O3/c18-13(19)11-8-12(10-15-9-11)16-14(20)17-6-4-2-1-3-5-7-17/h8-10H,1-7H2,(H,16,20)(H,18,19). The van der Waals surface area contributed by atoms with E-state index in [1.165, 1.54) is 24.9 Å². The van der Waals surface area contributed by atoms with Crippen LogP contribution in [0.3, 0.4) is 0 Å². The maximum Gasteiger partial charge on any atom is 0.337 e. The molecule has 1 fully saturated rings. The number of nitrogens with zero attached hydrogens (tertiary/aromatic N) is 2. The molecule has 6 nitrogen and oxygen atoms in total. The number of carbonyl (C=O) groups is 2. The highest BCUT2D eigenvalue weighted by Gasteiger charge is 2.15. The predicted octanol–water partition coefficient (Wildman–Crippen LogP) is 2.58. The molecule has 0 unspecified atom stereocenters. The van der Waals surface area contributed by atoms with E-state index in [2.05, 4.69) is 10.3 Å². The van der Waals surface area contributed by atoms with Crippen molar-refractivity contribution in [3.63, 3.8) is 0 Å². The van der Waals surface area contributed by atoms with Crippen LogP contribution in [0.5, 0.6) is 0 Å². The number of hydrogen-bond donors (Lipinski definition) is 2. The van der Waals surface area contributed by atoms with Crippen LogP contribution in [-0.2, 0) is 0 Å². The summed E-state index contributed by atoms with van der Waals surface area (Å²) in [5, 5.41) is 11.6. The summed E-state index contributed by atoms with van der Waals surface area (Å²) in [5.41, 5.74) is 0.479. The number of nitrogens with one attached hydrogen (secondary N) is 1. The number of anilines is 1. The van der Waals surface area contributed by atoms with Crippen LogP contribution >= 0.6 is 0 Å². The first-order chi connectivity index (χ1) is 9.66. The summed E-state index contributed by atoms with van der Waals surface area (Å²) in [4.78, 5) is 28.6. The van der Waals surface area contributed by atoms with Crippen molar-refractivity contribution < 1.29 is 14.7 Å². The van der Waals surface area contributed by atoms with Gasteiger partial charge >= 0.3 is 12.0 Å². The van der Waals surface area contributed by atoms with E-state index in [9.17, 15) is 9.59 Å². The van der Waals surface area contributed by atoms with Gasteiger partial charge in [0.15, 0.2) is 0 Å². The third-order valence-corrected chi connectivity index (χ3v) is 3.38. The lowest BCUT2D eigenvalue weighted by atomic mass is 10.1. The highest BCUT2D eigenvalue weighted by molar-refractivity contribution is 5.92. The molecule has 2 amide bonds. The van der Waals surface area contributed by atoms with Crippen molar-refractivity contribution in [2.75, 3.05) is 18.4 Å². The molecule has 0 radical (unpaired) electrons. The van der Waals surface area contributed by atoms with Gasteiger partial charge in [-0.15, -0.1) is 0 Å². The lowest BCUT2D eigenvalue weighted by Gasteiger charge is -2.25. The Morgan fingerprint density at radius 3 is 2.40 bits per heavy atom. The summed E-state index contributed by atoms with van der Waals surface area (Å²) in [5.74, 6) is -1.06. The summed E-state index contributed by atoms with van der Waals surface area (Å²) in [6.45, 7) is 1.50. The molecule has 0 aromatic carbocycles. The van der Waals surface area contributed by atoms with Crippen LogP contribution in [0.4, 0.5) is 10.5 Å². The molecule has 20 heavy (non-hydrogen) atoms. The highest BCUT2D eigenvalue weighted by atomic mass is 16.4. The number of carboxylic acids is 1. The van der Waals surface area contributed by atoms with E-state index < -0.39 is 5.97 Å². The zero-order chi connectivity index (χ0) is 14.4. The fraction of sp³-hybridized carbons (Fsp3) is 0.500. The Morgan fingerprint density at radius 1 is 1.10 bits per heavy atom. The monoisotopic (exact) mass is 277 g/mol. The summed E-state index contributed by atoms with van der Waals surface area (Å²) in [6.07, 6.45) is 8.28. The summed E-state index contributed by atoms with van der Waals surface area (Å²) < 4.78 is 0. The van der Waals surface area contributed by atoms with E-state index in [4.69, 9.17) is 5.11 Å². The molecule has 1 aromatic heterocycles. The topological polar surface area (TPSA) is 82.5 Å². The van der Waals surface area contributed by atoms with Gasteiger partial charge in [0.05, 0.1) is 17.4 Å². The molecule has 2 N–H and O–H groups in total. The average molecular weight is 277 g/mol. The second-order valence-electron chi connectivity index (χ2n) is 4.95. The Balaban J connectivity index is 1.99. The lowest BCUT2D eigenvalue weighted by molar-refractivity contribution is 0.0696. The molecule has 1 aromatic rings. The number of carboxylic acid groups (broad SMARTS) is 1. The Labute approximate surface area is 117 Å². The molecule has 6 heteroatoms. The van der Waals surface area contributed by atoms with Crippen molar-refractivity contribution in [2.45, 2.75) is 32.1 Å². The van der Waals surface area contributed by atoms with Crippen molar-refractivity contribution >= 4 is 17.7 Å². The third kappa shape index (κ3) is 3.94. The number of aromatic carboxylic acids is 1. The summed E-state index contributed by atoms with van der Waals surface area (Å²) >= 11 is 0. The average Bonchev–Trinajstić information content (AvgIpc) is 2.38. The van der Waals surface area contributed by atoms with Gasteiger partial charge in [-0.3, -0.25) is 4.98 Å². The minimum Gasteiger partial charge on any atom is -0.478 e. The summed E-state index contributed by atoms with van der Waals surface area (Å²) in [6, 6.07) is 1.23. The number of rotatable bonds is 2. The molecule has 0 atom stereocenters. The van der Waals surface area contributed by atoms with Gasteiger partial charge in [-0.25, -0.2) is 9.59 Å². The SMILES string of the molecule is O=C(O)c1cncc(NC(=O)N2CCCCCCC2)c1. The number of carbonyl (C=O) groups excluding carboxylic acids is 1. The van der Waals surface area contributed by atoms with Crippen LogP contribution in [0.15, 0.2) is 18.5 Å². The molecule has 0 spiro atoms. The number of hydrogen-bond acceptors (Lipinski definition) is 3. The number of aromatic nitrogens is 1. The van der Waals surface area contributed by atoms with Crippen LogP contribution < -0.4 is 5.32 Å². The van der Waals surface area contributed by atoms with Gasteiger partial charge in [0.1, 0.15) is 0 Å². The van der Waals surface area contributed by atoms with E-state index in [-0.39, 0.29) is 11.6 Å². The predicted molar refractivity (Wildman–Crippen MR) is 74.9 cm³/mol. The molecular formula is C14H19N3O3. The fourth-order valence-corrected chi connectivity index (χ4v) is 2.28. The van der Waals surface area contributed by atoms with Crippen LogP contribution in [-0.4, -0.2) is 40.1 Å². The summed E-state index contributed by atoms with van der Waals surface area (Å²) in [7, 11) is 0. The number of pyridine rings is 1. The molecule has 2 heterocycles. The number of amides is 2. The van der Waals surface area contributed by atoms with Crippen LogP contribution in [0.1, 0.15) is 42.5 Å². The first-order valence-corrected chi connectivity index (χ1v) is 6.91. The van der Waals surface area contributed by atoms with Crippen molar-refractivity contribution in [1.82, 2.24) is 9.88 Å². The molecule has 1 aliphatic rings. The molecule has 1 aliphatic heterocycles. The Morgan fingerprint density at radius 2 is 1.75 bits per heavy atom. The maximum atomic E-state index is 12.2. The van der Waals surface area contributed by atoms with Gasteiger partial charge in [0.25, 0.3) is 0 Å². The van der Waals surface area contributed by atoms with E-state index in [0.29, 0.717) is 5.69 Å². The Hall–Kier alpha value is -2.11. The second kappa shape index (κ2) is 6.88. The second-order valence-corrected chi connectivity index (χ2v) is 4.95. The highest BCUT2D eigenvalue weighted by Crippen LogP contribution is 2.13. The van der Waals surface area contributed by atoms with Crippen LogP contribution in [0.2, 0.25) is 0 Å². The molecular weight excluding hydrogens is 258 g/mol. The fourth-order valence-electron chi connectivity index (χ4n) is 2.28. The van der Waals surface area contributed by atoms with Crippen molar-refractivity contribution in [3.8, 4) is 0 Å². The molecule has 1 saturated heterocycles. The smallest absolute Gasteiger partial charge is 0.337 e. The van der Waals surface area contributed by atoms with E-state index in [1.54, 1.807) is 4.90 Å². The normalized spacial score (nSPS) is 16.1. The first-order valence-electron chi connectivity index (χ1n) is 6.91. The third-order valence-electron chi connectivity index (χ3n) is 3.38.